The van der Waals surface area contributed by atoms with Crippen LogP contribution in [0.1, 0.15) is 17.4 Å². The van der Waals surface area contributed by atoms with Crippen LogP contribution in [0.3, 0.4) is 0 Å². The summed E-state index contributed by atoms with van der Waals surface area (Å²) < 4.78 is 1.92. The number of amides is 1. The van der Waals surface area contributed by atoms with E-state index in [0.29, 0.717) is 23.3 Å². The number of aromatic amines is 1. The molecule has 0 aliphatic carbocycles. The van der Waals surface area contributed by atoms with Gasteiger partial charge in [-0.3, -0.25) is 14.9 Å². The van der Waals surface area contributed by atoms with Crippen LogP contribution in [0.25, 0.3) is 21.8 Å². The van der Waals surface area contributed by atoms with E-state index in [-0.39, 0.29) is 11.3 Å². The topological polar surface area (TPSA) is 92.7 Å². The van der Waals surface area contributed by atoms with Gasteiger partial charge in [0.1, 0.15) is 0 Å². The number of aromatic nitrogens is 4. The van der Waals surface area contributed by atoms with Gasteiger partial charge in [-0.25, -0.2) is 10.1 Å². The van der Waals surface area contributed by atoms with Crippen molar-refractivity contribution in [2.75, 3.05) is 5.32 Å². The third-order valence-electron chi connectivity index (χ3n) is 4.11. The van der Waals surface area contributed by atoms with E-state index in [9.17, 15) is 9.59 Å². The van der Waals surface area contributed by atoms with Crippen LogP contribution in [0.5, 0.6) is 0 Å². The van der Waals surface area contributed by atoms with Gasteiger partial charge < -0.3 is 4.57 Å². The normalized spacial score (nSPS) is 11.1. The Morgan fingerprint density at radius 2 is 1.84 bits per heavy atom. The first-order chi connectivity index (χ1) is 12.2. The van der Waals surface area contributed by atoms with E-state index in [2.05, 4.69) is 20.5 Å². The number of fused-ring (bicyclic) bond motifs is 2. The summed E-state index contributed by atoms with van der Waals surface area (Å²) in [5, 5.41) is 10.0. The fourth-order valence-electron chi connectivity index (χ4n) is 2.94. The predicted octanol–water partition coefficient (Wildman–Crippen LogP) is 2.55. The highest BCUT2D eigenvalue weighted by atomic mass is 16.2. The molecule has 2 heterocycles. The monoisotopic (exact) mass is 333 g/mol. The molecule has 0 aliphatic rings. The van der Waals surface area contributed by atoms with Crippen molar-refractivity contribution in [1.29, 1.82) is 0 Å². The minimum absolute atomic E-state index is 0.157. The molecule has 25 heavy (non-hydrogen) atoms. The number of para-hydroxylation sites is 2. The maximum absolute atomic E-state index is 12.7. The second-order valence-corrected chi connectivity index (χ2v) is 5.57. The molecule has 0 saturated heterocycles. The molecule has 1 amide bonds. The van der Waals surface area contributed by atoms with Gasteiger partial charge in [-0.2, -0.15) is 5.10 Å². The third kappa shape index (κ3) is 2.46. The molecule has 0 radical (unpaired) electrons. The van der Waals surface area contributed by atoms with Crippen molar-refractivity contribution in [3.8, 4) is 0 Å². The Morgan fingerprint density at radius 1 is 1.12 bits per heavy atom. The van der Waals surface area contributed by atoms with Crippen LogP contribution in [0.2, 0.25) is 0 Å². The number of hydrogen-bond donors (Lipinski definition) is 2. The van der Waals surface area contributed by atoms with Gasteiger partial charge in [-0.05, 0) is 25.1 Å². The molecule has 4 aromatic rings. The van der Waals surface area contributed by atoms with Crippen LogP contribution >= 0.6 is 0 Å². The number of benzene rings is 2. The molecule has 0 unspecified atom stereocenters. The van der Waals surface area contributed by atoms with E-state index < -0.39 is 5.91 Å². The maximum Gasteiger partial charge on any atom is 0.279 e. The molecule has 124 valence electrons. The Balaban J connectivity index is 1.79. The lowest BCUT2D eigenvalue weighted by molar-refractivity contribution is 0.102. The Hall–Kier alpha value is -3.48. The smallest absolute Gasteiger partial charge is 0.279 e. The quantitative estimate of drug-likeness (QED) is 0.602. The number of hydrogen-bond acceptors (Lipinski definition) is 4. The largest absolute Gasteiger partial charge is 0.310 e. The number of nitrogens with zero attached hydrogens (tertiary/aromatic N) is 3. The first-order valence-electron chi connectivity index (χ1n) is 7.93. The van der Waals surface area contributed by atoms with Crippen molar-refractivity contribution in [3.63, 3.8) is 0 Å². The van der Waals surface area contributed by atoms with E-state index in [1.54, 1.807) is 24.3 Å². The molecular formula is C18H15N5O2. The Bertz CT molecular complexity index is 1160. The van der Waals surface area contributed by atoms with Gasteiger partial charge in [-0.15, -0.1) is 0 Å². The summed E-state index contributed by atoms with van der Waals surface area (Å²) in [6.07, 6.45) is 0. The maximum atomic E-state index is 12.7. The second kappa shape index (κ2) is 5.86. The molecule has 0 aliphatic heterocycles. The molecule has 4 rings (SSSR count). The van der Waals surface area contributed by atoms with Crippen LogP contribution in [0, 0.1) is 0 Å². The summed E-state index contributed by atoms with van der Waals surface area (Å²) in [4.78, 5) is 29.1. The van der Waals surface area contributed by atoms with E-state index in [0.717, 1.165) is 11.0 Å². The first-order valence-corrected chi connectivity index (χ1v) is 7.93. The van der Waals surface area contributed by atoms with E-state index in [1.807, 2.05) is 35.8 Å². The number of carbonyl (C=O) groups excluding carboxylic acids is 1. The summed E-state index contributed by atoms with van der Waals surface area (Å²) >= 11 is 0. The molecule has 2 aromatic carbocycles. The van der Waals surface area contributed by atoms with Gasteiger partial charge in [0.25, 0.3) is 11.5 Å². The van der Waals surface area contributed by atoms with Gasteiger partial charge in [0.05, 0.1) is 16.4 Å². The van der Waals surface area contributed by atoms with Crippen LogP contribution < -0.4 is 10.9 Å². The zero-order valence-electron chi connectivity index (χ0n) is 13.5. The van der Waals surface area contributed by atoms with Crippen LogP contribution in [0.15, 0.2) is 53.3 Å². The highest BCUT2D eigenvalue weighted by Crippen LogP contribution is 2.20. The molecule has 0 fully saturated rings. The molecule has 2 N–H and O–H groups in total. The molecular weight excluding hydrogens is 318 g/mol. The minimum Gasteiger partial charge on any atom is -0.310 e. The number of imidazole rings is 1. The lowest BCUT2D eigenvalue weighted by Gasteiger charge is -2.08. The van der Waals surface area contributed by atoms with Crippen LogP contribution in [0.4, 0.5) is 5.95 Å². The summed E-state index contributed by atoms with van der Waals surface area (Å²) in [5.74, 6) is 0.0308. The zero-order valence-corrected chi connectivity index (χ0v) is 13.5. The van der Waals surface area contributed by atoms with Crippen LogP contribution in [-0.2, 0) is 6.54 Å². The Morgan fingerprint density at radius 3 is 2.64 bits per heavy atom. The standard InChI is InChI=1S/C18H15N5O2/c1-2-23-14-10-6-5-9-13(14)19-18(23)20-17(25)15-11-7-3-4-8-12(11)16(24)22-21-15/h3-10H,2H2,1H3,(H,22,24)(H,19,20,25). The number of carbonyl (C=O) groups is 1. The third-order valence-corrected chi connectivity index (χ3v) is 4.11. The average Bonchev–Trinajstić information content (AvgIpc) is 2.99. The molecule has 0 saturated carbocycles. The predicted molar refractivity (Wildman–Crippen MR) is 95.7 cm³/mol. The van der Waals surface area contributed by atoms with E-state index in [1.165, 1.54) is 0 Å². The number of rotatable bonds is 3. The van der Waals surface area contributed by atoms with Gasteiger partial charge in [-0.1, -0.05) is 30.3 Å². The van der Waals surface area contributed by atoms with Crippen molar-refractivity contribution in [2.24, 2.45) is 0 Å². The first kappa shape index (κ1) is 15.1. The molecule has 7 nitrogen and oxygen atoms in total. The van der Waals surface area contributed by atoms with Crippen molar-refractivity contribution in [2.45, 2.75) is 13.5 Å². The lowest BCUT2D eigenvalue weighted by atomic mass is 10.1. The number of nitrogens with one attached hydrogen (secondary N) is 2. The lowest BCUT2D eigenvalue weighted by Crippen LogP contribution is -2.21. The summed E-state index contributed by atoms with van der Waals surface area (Å²) in [6.45, 7) is 2.65. The number of anilines is 1. The highest BCUT2D eigenvalue weighted by Gasteiger charge is 2.17. The minimum atomic E-state index is -0.419. The SMILES string of the molecule is CCn1c(NC(=O)c2n[nH]c(=O)c3ccccc23)nc2ccccc21. The van der Waals surface area contributed by atoms with Gasteiger partial charge in [0.15, 0.2) is 5.69 Å². The Kier molecular flexibility index (Phi) is 3.53. The molecule has 7 heteroatoms. The van der Waals surface area contributed by atoms with E-state index in [4.69, 9.17) is 0 Å². The second-order valence-electron chi connectivity index (χ2n) is 5.57. The van der Waals surface area contributed by atoms with Gasteiger partial charge in [0, 0.05) is 11.9 Å². The fraction of sp³-hybridized carbons (Fsp3) is 0.111. The number of H-pyrrole nitrogens is 1. The molecule has 0 bridgehead atoms. The fourth-order valence-corrected chi connectivity index (χ4v) is 2.94. The summed E-state index contributed by atoms with van der Waals surface area (Å²) in [5.41, 5.74) is 1.58. The van der Waals surface area contributed by atoms with Crippen LogP contribution in [-0.4, -0.2) is 25.7 Å². The van der Waals surface area contributed by atoms with Gasteiger partial charge in [0.2, 0.25) is 5.95 Å². The van der Waals surface area contributed by atoms with Crippen molar-refractivity contribution < 1.29 is 4.79 Å². The summed E-state index contributed by atoms with van der Waals surface area (Å²) in [6, 6.07) is 14.6. The average molecular weight is 333 g/mol. The van der Waals surface area contributed by atoms with Crippen molar-refractivity contribution in [3.05, 3.63) is 64.6 Å². The molecule has 2 aromatic heterocycles. The van der Waals surface area contributed by atoms with E-state index >= 15 is 0 Å². The molecule has 0 atom stereocenters. The molecule has 0 spiro atoms. The van der Waals surface area contributed by atoms with Crippen molar-refractivity contribution >= 4 is 33.7 Å². The number of aryl methyl sites for hydroxylation is 1. The Labute approximate surface area is 142 Å². The summed E-state index contributed by atoms with van der Waals surface area (Å²) in [7, 11) is 0. The van der Waals surface area contributed by atoms with Crippen molar-refractivity contribution in [1.82, 2.24) is 19.7 Å². The zero-order chi connectivity index (χ0) is 17.4. The van der Waals surface area contributed by atoms with Gasteiger partial charge >= 0.3 is 0 Å². The highest BCUT2D eigenvalue weighted by molar-refractivity contribution is 6.10.